The van der Waals surface area contributed by atoms with Gasteiger partial charge in [-0.2, -0.15) is 66.3 Å². The van der Waals surface area contributed by atoms with Crippen LogP contribution in [0, 0.1) is 23.8 Å². The zero-order valence-corrected chi connectivity index (χ0v) is 31.4. The van der Waals surface area contributed by atoms with Crippen LogP contribution >= 0.6 is 34.8 Å². The molecule has 0 amide bonds. The average Bonchev–Trinajstić information content (AvgIpc) is 2.96. The van der Waals surface area contributed by atoms with Gasteiger partial charge in [0.1, 0.15) is 0 Å². The Morgan fingerprint density at radius 3 is 1.32 bits per heavy atom. The van der Waals surface area contributed by atoms with Crippen LogP contribution in [0.5, 0.6) is 0 Å². The first-order valence-corrected chi connectivity index (χ1v) is 14.8. The summed E-state index contributed by atoms with van der Waals surface area (Å²) in [5.74, 6) is 3.65. The van der Waals surface area contributed by atoms with Gasteiger partial charge in [-0.25, -0.2) is 0 Å². The monoisotopic (exact) mass is 735 g/mol. The third kappa shape index (κ3) is 22.6. The normalized spacial score (nSPS) is 9.66. The fraction of sp³-hybridized carbons (Fsp3) is 0.400. The van der Waals surface area contributed by atoms with Gasteiger partial charge in [-0.3, -0.25) is 0 Å². The molecule has 0 unspecified atom stereocenters. The average molecular weight is 738 g/mol. The molecule has 4 aromatic rings. The molecule has 236 valence electrons. The van der Waals surface area contributed by atoms with Gasteiger partial charge in [-0.15, -0.1) is 0 Å². The van der Waals surface area contributed by atoms with Crippen molar-refractivity contribution >= 4 is 69.8 Å². The van der Waals surface area contributed by atoms with E-state index in [1.807, 2.05) is 60.7 Å². The Hall–Kier alpha value is -1.86. The van der Waals surface area contributed by atoms with E-state index >= 15 is 0 Å². The van der Waals surface area contributed by atoms with Crippen molar-refractivity contribution in [3.8, 4) is 11.4 Å². The van der Waals surface area contributed by atoms with Gasteiger partial charge < -0.3 is 33.3 Å². The van der Waals surface area contributed by atoms with Crippen LogP contribution in [0.2, 0.25) is 15.9 Å². The maximum Gasteiger partial charge on any atom is 2.00 e. The van der Waals surface area contributed by atoms with Crippen LogP contribution in [-0.2, 0) is 0 Å². The first-order valence-electron chi connectivity index (χ1n) is 13.6. The first-order chi connectivity index (χ1) is 20.0. The number of halogens is 4. The van der Waals surface area contributed by atoms with Gasteiger partial charge in [0.25, 0.3) is 0 Å². The number of aromatic nitrogens is 6. The Balaban J connectivity index is 0. The Morgan fingerprint density at radius 1 is 0.636 bits per heavy atom. The summed E-state index contributed by atoms with van der Waals surface area (Å²) < 4.78 is 0. The second-order valence-electron chi connectivity index (χ2n) is 10.1. The van der Waals surface area contributed by atoms with Crippen LogP contribution < -0.4 is 33.3 Å². The molecule has 0 aliphatic carbocycles. The van der Waals surface area contributed by atoms with E-state index < -0.39 is 0 Å². The molecule has 2 heterocycles. The number of hydrogen-bond acceptors (Lipinski definition) is 9. The second kappa shape index (κ2) is 26.4. The molecular formula is C30H41BrCl3MgN9. The molecule has 0 atom stereocenters. The topological polar surface area (TPSA) is 127 Å². The Morgan fingerprint density at radius 2 is 1.02 bits per heavy atom. The quantitative estimate of drug-likeness (QED) is 0.180. The molecule has 44 heavy (non-hydrogen) atoms. The van der Waals surface area contributed by atoms with E-state index in [-0.39, 0.29) is 55.9 Å². The van der Waals surface area contributed by atoms with Crippen LogP contribution in [0.15, 0.2) is 60.7 Å². The Kier molecular flexibility index (Phi) is 26.5. The van der Waals surface area contributed by atoms with E-state index in [4.69, 9.17) is 40.5 Å². The van der Waals surface area contributed by atoms with Crippen LogP contribution in [0.3, 0.4) is 0 Å². The van der Waals surface area contributed by atoms with Gasteiger partial charge in [0.2, 0.25) is 27.7 Å². The summed E-state index contributed by atoms with van der Waals surface area (Å²) in [7, 11) is 0. The van der Waals surface area contributed by atoms with E-state index in [1.54, 1.807) is 0 Å². The number of benzene rings is 2. The molecule has 0 fully saturated rings. The zero-order chi connectivity index (χ0) is 31.3. The van der Waals surface area contributed by atoms with Gasteiger partial charge >= 0.3 is 23.1 Å². The molecule has 2 aromatic heterocycles. The maximum absolute atomic E-state index is 5.32. The minimum Gasteiger partial charge on any atom is -1.00 e. The summed E-state index contributed by atoms with van der Waals surface area (Å²) in [5.41, 5.74) is 6.16. The number of anilines is 2. The second-order valence-corrected chi connectivity index (χ2v) is 11.1. The van der Waals surface area contributed by atoms with Crippen molar-refractivity contribution in [3.05, 3.63) is 82.6 Å². The smallest absolute Gasteiger partial charge is 1.00 e. The van der Waals surface area contributed by atoms with E-state index in [1.165, 1.54) is 0 Å². The number of nitrogens with one attached hydrogen (secondary N) is 2. The molecule has 0 aliphatic rings. The van der Waals surface area contributed by atoms with Gasteiger partial charge in [0.15, 0.2) is 5.82 Å². The van der Waals surface area contributed by atoms with Crippen LogP contribution in [0.1, 0.15) is 41.5 Å². The van der Waals surface area contributed by atoms with Crippen molar-refractivity contribution < 1.29 is 17.0 Å². The minimum absolute atomic E-state index is 0. The molecule has 9 nitrogen and oxygen atoms in total. The van der Waals surface area contributed by atoms with Gasteiger partial charge in [0.05, 0.1) is 0 Å². The summed E-state index contributed by atoms with van der Waals surface area (Å²) in [6, 6.07) is 22.5. The number of rotatable bonds is 8. The van der Waals surface area contributed by atoms with Gasteiger partial charge in [-0.05, 0) is 59.1 Å². The molecule has 0 bridgehead atoms. The standard InChI is InChI=1S/C17H25N5.C6H5.C4H11N.C3Cl3N3.BrH.Mg/c1-12(2)10-18-16-20-15(14-8-6-5-7-9-14)21-17(22-16)19-11-13(3)4;1-2-4-6-5-3-1;1-4(2)3-5;4-1-7-2(5)9-3(6)8-1;;/h5-9,12-13H,10-11H2,1-4H3,(H2,18,19,20,21,22);1-5H;4H,3,5H2,1-2H3;;1H;/q;-1;;;;+2/p-1. The third-order valence-electron chi connectivity index (χ3n) is 4.64. The van der Waals surface area contributed by atoms with Gasteiger partial charge in [0, 0.05) is 18.7 Å². The number of nitrogens with zero attached hydrogens (tertiary/aromatic N) is 6. The zero-order valence-electron chi connectivity index (χ0n) is 26.1. The molecular weight excluding hydrogens is 697 g/mol. The molecule has 2 aromatic carbocycles. The van der Waals surface area contributed by atoms with Crippen molar-refractivity contribution in [2.45, 2.75) is 41.5 Å². The van der Waals surface area contributed by atoms with Crippen LogP contribution in [0.25, 0.3) is 11.4 Å². The van der Waals surface area contributed by atoms with Crippen molar-refractivity contribution in [1.29, 1.82) is 0 Å². The van der Waals surface area contributed by atoms with E-state index in [2.05, 4.69) is 88.1 Å². The van der Waals surface area contributed by atoms with Gasteiger partial charge in [-0.1, -0.05) is 71.9 Å². The summed E-state index contributed by atoms with van der Waals surface area (Å²) in [4.78, 5) is 23.9. The number of hydrogen-bond donors (Lipinski definition) is 3. The summed E-state index contributed by atoms with van der Waals surface area (Å²) in [5, 5.41) is 6.56. The molecule has 0 saturated heterocycles. The van der Waals surface area contributed by atoms with Crippen LogP contribution in [-0.4, -0.2) is 72.6 Å². The predicted octanol–water partition coefficient (Wildman–Crippen LogP) is 4.22. The SMILES string of the molecule is CC(C)CN.CC(C)CNc1nc(NCC(C)C)nc(-c2ccccc2)n1.Clc1nc(Cl)nc(Cl)n1.[Br-].[Mg+2].[c-]1ccccc1. The summed E-state index contributed by atoms with van der Waals surface area (Å²) in [6.45, 7) is 15.3. The summed E-state index contributed by atoms with van der Waals surface area (Å²) in [6.07, 6.45) is 0. The molecule has 0 aliphatic heterocycles. The molecule has 0 saturated carbocycles. The molecule has 0 radical (unpaired) electrons. The Labute approximate surface area is 303 Å². The molecule has 0 spiro atoms. The summed E-state index contributed by atoms with van der Waals surface area (Å²) >= 11 is 16.0. The third-order valence-corrected chi connectivity index (χ3v) is 5.14. The van der Waals surface area contributed by atoms with Crippen LogP contribution in [0.4, 0.5) is 11.9 Å². The van der Waals surface area contributed by atoms with Crippen molar-refractivity contribution in [1.82, 2.24) is 29.9 Å². The molecule has 4 N–H and O–H groups in total. The molecule has 14 heteroatoms. The Bertz CT molecular complexity index is 1150. The molecule has 4 rings (SSSR count). The fourth-order valence-electron chi connectivity index (χ4n) is 2.49. The largest absolute Gasteiger partial charge is 2.00 e. The van der Waals surface area contributed by atoms with Crippen molar-refractivity contribution in [3.63, 3.8) is 0 Å². The van der Waals surface area contributed by atoms with E-state index in [0.717, 1.165) is 25.2 Å². The van der Waals surface area contributed by atoms with E-state index in [9.17, 15) is 0 Å². The fourth-order valence-corrected chi connectivity index (χ4v) is 3.10. The maximum atomic E-state index is 5.32. The van der Waals surface area contributed by atoms with Crippen molar-refractivity contribution in [2.24, 2.45) is 23.5 Å². The van der Waals surface area contributed by atoms with E-state index in [0.29, 0.717) is 35.5 Å². The van der Waals surface area contributed by atoms with Crippen molar-refractivity contribution in [2.75, 3.05) is 30.3 Å². The minimum atomic E-state index is 0. The number of nitrogens with two attached hydrogens (primary N) is 1. The first kappa shape index (κ1) is 44.3. The predicted molar refractivity (Wildman–Crippen MR) is 182 cm³/mol.